The molecule has 0 bridgehead atoms. The van der Waals surface area contributed by atoms with E-state index in [9.17, 15) is 23.3 Å². The predicted molar refractivity (Wildman–Crippen MR) is 164 cm³/mol. The molecule has 3 N–H and O–H groups in total. The molecule has 14 nitrogen and oxygen atoms in total. The number of rotatable bonds is 10. The van der Waals surface area contributed by atoms with Crippen molar-refractivity contribution in [1.29, 1.82) is 0 Å². The van der Waals surface area contributed by atoms with Crippen molar-refractivity contribution in [3.8, 4) is 11.5 Å². The number of carbonyl (C=O) groups excluding carboxylic acids is 1. The van der Waals surface area contributed by atoms with Gasteiger partial charge in [0, 0.05) is 50.0 Å². The minimum atomic E-state index is -4.49. The molecule has 4 aromatic rings. The molecule has 1 atom stereocenters. The number of fused-ring (bicyclic) bond motifs is 1. The first-order valence-corrected chi connectivity index (χ1v) is 16.0. The first-order chi connectivity index (χ1) is 21.8. The van der Waals surface area contributed by atoms with E-state index >= 15 is 0 Å². The standard InChI is InChI=1S/C30H32N6O8S/c37-30(25-3-1-2-4-28(25)44-23-15-20-7-10-31-29(20)33-18-23)34-45(40,41)24-5-6-26(27(16-24)36(38)39)32-17-22-19-43-14-11-35(22)21-8-12-42-13-9-21/h1-7,10,15-16,18,21-22,32H,8-9,11-14,17,19H2,(H,31,33)(H,34,37). The summed E-state index contributed by atoms with van der Waals surface area (Å²) in [6, 6.07) is 13.5. The van der Waals surface area contributed by atoms with Crippen molar-refractivity contribution in [3.63, 3.8) is 0 Å². The van der Waals surface area contributed by atoms with E-state index in [1.54, 1.807) is 24.4 Å². The van der Waals surface area contributed by atoms with E-state index in [0.29, 0.717) is 50.4 Å². The third-order valence-electron chi connectivity index (χ3n) is 7.90. The predicted octanol–water partition coefficient (Wildman–Crippen LogP) is 3.67. The van der Waals surface area contributed by atoms with Gasteiger partial charge in [-0.1, -0.05) is 12.1 Å². The minimum Gasteiger partial charge on any atom is -0.455 e. The van der Waals surface area contributed by atoms with Crippen molar-refractivity contribution in [1.82, 2.24) is 19.6 Å². The fourth-order valence-electron chi connectivity index (χ4n) is 5.63. The van der Waals surface area contributed by atoms with Crippen molar-refractivity contribution in [2.45, 2.75) is 29.8 Å². The number of H-pyrrole nitrogens is 1. The molecule has 1 unspecified atom stereocenters. The molecule has 2 saturated heterocycles. The zero-order valence-corrected chi connectivity index (χ0v) is 25.0. The lowest BCUT2D eigenvalue weighted by atomic mass is 10.0. The summed E-state index contributed by atoms with van der Waals surface area (Å²) in [5.41, 5.74) is 0.340. The number of nitro benzene ring substituents is 1. The quantitative estimate of drug-likeness (QED) is 0.171. The van der Waals surface area contributed by atoms with Crippen molar-refractivity contribution >= 4 is 38.3 Å². The Kier molecular flexibility index (Phi) is 8.93. The highest BCUT2D eigenvalue weighted by Gasteiger charge is 2.31. The molecule has 2 aliphatic rings. The monoisotopic (exact) mass is 636 g/mol. The fourth-order valence-corrected chi connectivity index (χ4v) is 6.62. The highest BCUT2D eigenvalue weighted by Crippen LogP contribution is 2.30. The Labute approximate surface area is 258 Å². The zero-order valence-electron chi connectivity index (χ0n) is 24.2. The second kappa shape index (κ2) is 13.2. The van der Waals surface area contributed by atoms with Gasteiger partial charge in [-0.05, 0) is 49.2 Å². The largest absolute Gasteiger partial charge is 0.455 e. The molecule has 2 fully saturated rings. The van der Waals surface area contributed by atoms with Crippen molar-refractivity contribution < 1.29 is 32.3 Å². The molecule has 2 aliphatic heterocycles. The number of aromatic nitrogens is 2. The van der Waals surface area contributed by atoms with E-state index in [0.717, 1.165) is 30.8 Å². The number of aromatic amines is 1. The van der Waals surface area contributed by atoms with E-state index < -0.39 is 31.4 Å². The summed E-state index contributed by atoms with van der Waals surface area (Å²) in [4.78, 5) is 33.7. The number of amides is 1. The number of nitrogens with zero attached hydrogens (tertiary/aromatic N) is 3. The van der Waals surface area contributed by atoms with Crippen LogP contribution >= 0.6 is 0 Å². The van der Waals surface area contributed by atoms with Crippen LogP contribution in [0.3, 0.4) is 0 Å². The van der Waals surface area contributed by atoms with Gasteiger partial charge in [-0.2, -0.15) is 0 Å². The van der Waals surface area contributed by atoms with Gasteiger partial charge in [0.25, 0.3) is 21.6 Å². The lowest BCUT2D eigenvalue weighted by Crippen LogP contribution is -2.54. The molecular weight excluding hydrogens is 604 g/mol. The Bertz CT molecular complexity index is 1810. The normalized spacial score (nSPS) is 18.0. The second-order valence-electron chi connectivity index (χ2n) is 10.7. The average molecular weight is 637 g/mol. The molecule has 1 amide bonds. The molecule has 15 heteroatoms. The molecule has 0 saturated carbocycles. The summed E-state index contributed by atoms with van der Waals surface area (Å²) >= 11 is 0. The average Bonchev–Trinajstić information content (AvgIpc) is 3.52. The Hall–Kier alpha value is -4.57. The minimum absolute atomic E-state index is 0.0212. The first kappa shape index (κ1) is 30.5. The Morgan fingerprint density at radius 2 is 1.93 bits per heavy atom. The van der Waals surface area contributed by atoms with Crippen molar-refractivity contribution in [2.24, 2.45) is 0 Å². The van der Waals surface area contributed by atoms with Crippen LogP contribution in [0.1, 0.15) is 23.2 Å². The summed E-state index contributed by atoms with van der Waals surface area (Å²) < 4.78 is 45.5. The van der Waals surface area contributed by atoms with Crippen LogP contribution in [-0.2, 0) is 19.5 Å². The summed E-state index contributed by atoms with van der Waals surface area (Å²) in [6.45, 7) is 3.59. The van der Waals surface area contributed by atoms with Gasteiger partial charge in [-0.25, -0.2) is 18.1 Å². The number of benzene rings is 2. The SMILES string of the molecule is O=C(NS(=O)(=O)c1ccc(NCC2COCCN2C2CCOCC2)c([N+](=O)[O-])c1)c1ccccc1Oc1cnc2[nH]ccc2c1. The number of carbonyl (C=O) groups is 1. The van der Waals surface area contributed by atoms with E-state index in [4.69, 9.17) is 14.2 Å². The van der Waals surface area contributed by atoms with Crippen LogP contribution in [0.15, 0.2) is 71.9 Å². The molecule has 45 heavy (non-hydrogen) atoms. The van der Waals surface area contributed by atoms with Gasteiger partial charge < -0.3 is 24.5 Å². The number of pyridine rings is 1. The van der Waals surface area contributed by atoms with Gasteiger partial charge in [0.15, 0.2) is 0 Å². The number of hydrogen-bond donors (Lipinski definition) is 3. The Morgan fingerprint density at radius 3 is 2.76 bits per heavy atom. The molecule has 0 aliphatic carbocycles. The topological polar surface area (TPSA) is 178 Å². The van der Waals surface area contributed by atoms with Crippen LogP contribution in [0, 0.1) is 10.1 Å². The molecular formula is C30H32N6O8S. The maximum Gasteiger partial charge on any atom is 0.293 e. The fraction of sp³-hybridized carbons (Fsp3) is 0.333. The van der Waals surface area contributed by atoms with Crippen molar-refractivity contribution in [3.05, 3.63) is 82.7 Å². The number of anilines is 1. The van der Waals surface area contributed by atoms with Crippen LogP contribution in [0.5, 0.6) is 11.5 Å². The molecule has 0 spiro atoms. The molecule has 236 valence electrons. The van der Waals surface area contributed by atoms with Gasteiger partial charge in [-0.15, -0.1) is 0 Å². The molecule has 0 radical (unpaired) electrons. The third kappa shape index (κ3) is 6.91. The van der Waals surface area contributed by atoms with Crippen LogP contribution < -0.4 is 14.8 Å². The third-order valence-corrected chi connectivity index (χ3v) is 9.23. The summed E-state index contributed by atoms with van der Waals surface area (Å²) in [7, 11) is -4.49. The van der Waals surface area contributed by atoms with E-state index in [2.05, 4.69) is 20.2 Å². The maximum atomic E-state index is 13.2. The lowest BCUT2D eigenvalue weighted by Gasteiger charge is -2.42. The van der Waals surface area contributed by atoms with Crippen LogP contribution in [0.4, 0.5) is 11.4 Å². The summed E-state index contributed by atoms with van der Waals surface area (Å²) in [5.74, 6) is -0.509. The van der Waals surface area contributed by atoms with Crippen LogP contribution in [0.2, 0.25) is 0 Å². The number of nitrogens with one attached hydrogen (secondary N) is 3. The van der Waals surface area contributed by atoms with Gasteiger partial charge in [-0.3, -0.25) is 19.8 Å². The van der Waals surface area contributed by atoms with Crippen molar-refractivity contribution in [2.75, 3.05) is 44.8 Å². The van der Waals surface area contributed by atoms with Gasteiger partial charge in [0.1, 0.15) is 22.8 Å². The highest BCUT2D eigenvalue weighted by molar-refractivity contribution is 7.90. The first-order valence-electron chi connectivity index (χ1n) is 14.5. The van der Waals surface area contributed by atoms with E-state index in [1.165, 1.54) is 30.5 Å². The number of ether oxygens (including phenoxy) is 3. The number of nitro groups is 1. The number of hydrogen-bond acceptors (Lipinski definition) is 11. The van der Waals surface area contributed by atoms with Gasteiger partial charge >= 0.3 is 0 Å². The van der Waals surface area contributed by atoms with E-state index in [-0.39, 0.29) is 23.0 Å². The Balaban J connectivity index is 1.16. The van der Waals surface area contributed by atoms with E-state index in [1.807, 2.05) is 10.8 Å². The molecule has 2 aromatic heterocycles. The molecule has 4 heterocycles. The Morgan fingerprint density at radius 1 is 1.11 bits per heavy atom. The second-order valence-corrected chi connectivity index (χ2v) is 12.4. The summed E-state index contributed by atoms with van der Waals surface area (Å²) in [5, 5.41) is 15.9. The molecule has 2 aromatic carbocycles. The molecule has 6 rings (SSSR count). The summed E-state index contributed by atoms with van der Waals surface area (Å²) in [6.07, 6.45) is 5.02. The van der Waals surface area contributed by atoms with Crippen LogP contribution in [-0.4, -0.2) is 85.7 Å². The maximum absolute atomic E-state index is 13.2. The smallest absolute Gasteiger partial charge is 0.293 e. The number of sulfonamides is 1. The lowest BCUT2D eigenvalue weighted by molar-refractivity contribution is -0.384. The number of para-hydroxylation sites is 1. The highest BCUT2D eigenvalue weighted by atomic mass is 32.2. The van der Waals surface area contributed by atoms with Crippen LogP contribution in [0.25, 0.3) is 11.0 Å². The zero-order chi connectivity index (χ0) is 31.4. The van der Waals surface area contributed by atoms with Gasteiger partial charge in [0.05, 0.1) is 40.8 Å². The number of morpholine rings is 1. The van der Waals surface area contributed by atoms with Gasteiger partial charge in [0.2, 0.25) is 0 Å².